The minimum atomic E-state index is -4.94. The molecule has 0 radical (unpaired) electrons. The third-order valence-corrected chi connectivity index (χ3v) is 3.89. The van der Waals surface area contributed by atoms with Gasteiger partial charge in [-0.2, -0.15) is 0 Å². The summed E-state index contributed by atoms with van der Waals surface area (Å²) >= 11 is 3.53. The highest BCUT2D eigenvalue weighted by atomic mass is 79.9. The van der Waals surface area contributed by atoms with E-state index in [1.807, 2.05) is 0 Å². The lowest BCUT2D eigenvalue weighted by Gasteiger charge is -2.17. The van der Waals surface area contributed by atoms with E-state index < -0.39 is 10.2 Å². The summed E-state index contributed by atoms with van der Waals surface area (Å²) in [5.74, 6) is 0. The van der Waals surface area contributed by atoms with Crippen LogP contribution in [0.4, 0.5) is 5.69 Å². The Morgan fingerprint density at radius 1 is 1.16 bits per heavy atom. The SMILES string of the molecule is CC1=[N+](C)c2ccc(Br)cc2C1(C)C.[O-][Cl+3]([O-])([O-])[O-]. The molecule has 0 N–H and O–H groups in total. The van der Waals surface area contributed by atoms with Crippen LogP contribution in [0, 0.1) is 10.2 Å². The normalized spacial score (nSPS) is 16.9. The van der Waals surface area contributed by atoms with E-state index in [1.54, 1.807) is 0 Å². The summed E-state index contributed by atoms with van der Waals surface area (Å²) in [5.41, 5.74) is 4.31. The minimum absolute atomic E-state index is 0.161. The van der Waals surface area contributed by atoms with E-state index in [4.69, 9.17) is 18.6 Å². The van der Waals surface area contributed by atoms with Crippen LogP contribution in [0.2, 0.25) is 0 Å². The number of fused-ring (bicyclic) bond motifs is 1. The van der Waals surface area contributed by atoms with Gasteiger partial charge in [0.15, 0.2) is 5.71 Å². The molecule has 1 aromatic rings. The van der Waals surface area contributed by atoms with Gasteiger partial charge in [0.1, 0.15) is 7.05 Å². The number of rotatable bonds is 0. The summed E-state index contributed by atoms with van der Waals surface area (Å²) in [7, 11) is -2.81. The van der Waals surface area contributed by atoms with Crippen molar-refractivity contribution in [3.05, 3.63) is 28.2 Å². The van der Waals surface area contributed by atoms with Crippen molar-refractivity contribution in [2.24, 2.45) is 0 Å². The van der Waals surface area contributed by atoms with Crippen molar-refractivity contribution in [1.29, 1.82) is 0 Å². The molecule has 0 bridgehead atoms. The number of nitrogens with zero attached hydrogens (tertiary/aromatic N) is 1. The first-order valence-electron chi connectivity index (χ1n) is 5.44. The molecular weight excluding hydrogens is 337 g/mol. The van der Waals surface area contributed by atoms with E-state index in [0.717, 1.165) is 4.47 Å². The molecule has 19 heavy (non-hydrogen) atoms. The average molecular weight is 353 g/mol. The fraction of sp³-hybridized carbons (Fsp3) is 0.417. The number of hydrogen-bond acceptors (Lipinski definition) is 4. The molecule has 0 spiro atoms. The summed E-state index contributed by atoms with van der Waals surface area (Å²) in [4.78, 5) is 0. The fourth-order valence-corrected chi connectivity index (χ4v) is 2.46. The van der Waals surface area contributed by atoms with Gasteiger partial charge in [-0.05, 0) is 26.0 Å². The van der Waals surface area contributed by atoms with Gasteiger partial charge in [0, 0.05) is 23.0 Å². The lowest BCUT2D eigenvalue weighted by molar-refractivity contribution is -2.00. The Hall–Kier alpha value is -0.500. The predicted molar refractivity (Wildman–Crippen MR) is 63.7 cm³/mol. The first-order valence-corrected chi connectivity index (χ1v) is 7.47. The standard InChI is InChI=1S/C12H15BrN.ClHO4/c1-8-12(2,3)10-7-9(13)5-6-11(10)14(8)4;2-1(3,4)5/h5-7H,1-4H3;(H,2,3,4,5)/q+1;/p-1. The zero-order valence-corrected chi connectivity index (χ0v) is 13.4. The van der Waals surface area contributed by atoms with E-state index in [0.29, 0.717) is 0 Å². The van der Waals surface area contributed by atoms with Crippen LogP contribution < -0.4 is 18.6 Å². The van der Waals surface area contributed by atoms with Crippen molar-refractivity contribution in [2.45, 2.75) is 26.2 Å². The molecule has 0 aromatic heterocycles. The lowest BCUT2D eigenvalue weighted by Crippen LogP contribution is -2.68. The maximum Gasteiger partial charge on any atom is 0.209 e. The largest absolute Gasteiger partial charge is 0.222 e. The minimum Gasteiger partial charge on any atom is -0.222 e. The number of hydrogen-bond donors (Lipinski definition) is 0. The van der Waals surface area contributed by atoms with Crippen LogP contribution >= 0.6 is 15.9 Å². The van der Waals surface area contributed by atoms with Gasteiger partial charge in [-0.15, -0.1) is 10.2 Å². The molecule has 0 unspecified atom stereocenters. The van der Waals surface area contributed by atoms with Crippen LogP contribution in [0.15, 0.2) is 22.7 Å². The zero-order valence-electron chi connectivity index (χ0n) is 11.1. The van der Waals surface area contributed by atoms with Gasteiger partial charge >= 0.3 is 0 Å². The average Bonchev–Trinajstić information content (AvgIpc) is 2.39. The maximum atomic E-state index is 8.49. The fourth-order valence-electron chi connectivity index (χ4n) is 2.10. The number of benzene rings is 1. The van der Waals surface area contributed by atoms with E-state index in [2.05, 4.69) is 66.5 Å². The molecule has 1 aliphatic rings. The monoisotopic (exact) mass is 351 g/mol. The van der Waals surface area contributed by atoms with Crippen molar-refractivity contribution in [3.8, 4) is 0 Å². The van der Waals surface area contributed by atoms with E-state index in [-0.39, 0.29) is 5.41 Å². The van der Waals surface area contributed by atoms with Gasteiger partial charge in [0.25, 0.3) is 0 Å². The molecule has 106 valence electrons. The Bertz CT molecular complexity index is 517. The summed E-state index contributed by atoms with van der Waals surface area (Å²) in [6.07, 6.45) is 0. The van der Waals surface area contributed by atoms with E-state index in [1.165, 1.54) is 17.0 Å². The Labute approximate surface area is 122 Å². The zero-order chi connectivity index (χ0) is 15.0. The van der Waals surface area contributed by atoms with Gasteiger partial charge in [0.05, 0.1) is 5.41 Å². The summed E-state index contributed by atoms with van der Waals surface area (Å²) < 4.78 is 37.4. The van der Waals surface area contributed by atoms with E-state index >= 15 is 0 Å². The molecule has 5 nitrogen and oxygen atoms in total. The Morgan fingerprint density at radius 3 is 2.11 bits per heavy atom. The van der Waals surface area contributed by atoms with Crippen LogP contribution in [0.1, 0.15) is 26.3 Å². The van der Waals surface area contributed by atoms with Gasteiger partial charge in [-0.3, -0.25) is 0 Å². The predicted octanol–water partition coefficient (Wildman–Crippen LogP) is -1.28. The van der Waals surface area contributed by atoms with Crippen molar-refractivity contribution in [1.82, 2.24) is 0 Å². The molecule has 7 heteroatoms. The molecule has 1 heterocycles. The first kappa shape index (κ1) is 16.6. The second-order valence-electron chi connectivity index (χ2n) is 4.81. The molecule has 1 aromatic carbocycles. The third kappa shape index (κ3) is 3.98. The summed E-state index contributed by atoms with van der Waals surface area (Å²) in [6.45, 7) is 6.75. The highest BCUT2D eigenvalue weighted by molar-refractivity contribution is 9.10. The van der Waals surface area contributed by atoms with Crippen molar-refractivity contribution in [3.63, 3.8) is 0 Å². The van der Waals surface area contributed by atoms with Crippen LogP contribution in [-0.4, -0.2) is 17.3 Å². The van der Waals surface area contributed by atoms with Crippen LogP contribution in [-0.2, 0) is 5.41 Å². The lowest BCUT2D eigenvalue weighted by atomic mass is 9.82. The summed E-state index contributed by atoms with van der Waals surface area (Å²) in [5, 5.41) is 0. The van der Waals surface area contributed by atoms with Crippen LogP contribution in [0.5, 0.6) is 0 Å². The van der Waals surface area contributed by atoms with Crippen molar-refractivity contribution in [2.75, 3.05) is 7.05 Å². The molecule has 0 amide bonds. The van der Waals surface area contributed by atoms with Crippen molar-refractivity contribution >= 4 is 27.3 Å². The smallest absolute Gasteiger partial charge is 0.209 e. The second kappa shape index (κ2) is 5.47. The third-order valence-electron chi connectivity index (χ3n) is 3.40. The Balaban J connectivity index is 0.000000312. The quantitative estimate of drug-likeness (QED) is 0.543. The summed E-state index contributed by atoms with van der Waals surface area (Å²) in [6, 6.07) is 6.50. The van der Waals surface area contributed by atoms with E-state index in [9.17, 15) is 0 Å². The Morgan fingerprint density at radius 2 is 1.63 bits per heavy atom. The van der Waals surface area contributed by atoms with Gasteiger partial charge in [-0.25, -0.2) is 23.2 Å². The van der Waals surface area contributed by atoms with Gasteiger partial charge in [-0.1, -0.05) is 15.9 Å². The maximum absolute atomic E-state index is 8.49. The number of halogens is 2. The first-order chi connectivity index (χ1) is 8.44. The molecule has 0 saturated heterocycles. The van der Waals surface area contributed by atoms with Crippen molar-refractivity contribution < 1.29 is 33.5 Å². The highest BCUT2D eigenvalue weighted by Gasteiger charge is 2.41. The topological polar surface area (TPSA) is 95.2 Å². The molecule has 0 aliphatic carbocycles. The van der Waals surface area contributed by atoms with Crippen LogP contribution in [0.3, 0.4) is 0 Å². The van der Waals surface area contributed by atoms with Gasteiger partial charge < -0.3 is 0 Å². The van der Waals surface area contributed by atoms with Gasteiger partial charge in [0.2, 0.25) is 5.69 Å². The highest BCUT2D eigenvalue weighted by Crippen LogP contribution is 2.39. The second-order valence-corrected chi connectivity index (χ2v) is 6.48. The molecule has 0 fully saturated rings. The van der Waals surface area contributed by atoms with Crippen LogP contribution in [0.25, 0.3) is 0 Å². The molecule has 0 saturated carbocycles. The molecule has 0 atom stereocenters. The molecule has 2 rings (SSSR count). The molecular formula is C12H15BrClNO4. The Kier molecular flexibility index (Phi) is 4.77. The molecule has 1 aliphatic heterocycles.